The van der Waals surface area contributed by atoms with Crippen LogP contribution in [0.2, 0.25) is 0 Å². The fraction of sp³-hybridized carbons (Fsp3) is 0.828. The summed E-state index contributed by atoms with van der Waals surface area (Å²) in [5.41, 5.74) is 0. The van der Waals surface area contributed by atoms with Gasteiger partial charge in [0, 0.05) is 12.8 Å². The summed E-state index contributed by atoms with van der Waals surface area (Å²) in [6.07, 6.45) is 52.7. The number of carbonyl (C=O) groups is 2. The summed E-state index contributed by atoms with van der Waals surface area (Å²) in [6, 6.07) is 0. The summed E-state index contributed by atoms with van der Waals surface area (Å²) in [5, 5.41) is 40.3. The van der Waals surface area contributed by atoms with Crippen LogP contribution in [0.5, 0.6) is 0 Å². The largest absolute Gasteiger partial charge is 0.462 e. The number of aliphatic hydroxyl groups is 4. The predicted molar refractivity (Wildman–Crippen MR) is 279 cm³/mol. The molecule has 10 heteroatoms. The summed E-state index contributed by atoms with van der Waals surface area (Å²) in [5.74, 6) is -0.805. The van der Waals surface area contributed by atoms with E-state index in [4.69, 9.17) is 18.9 Å². The van der Waals surface area contributed by atoms with Crippen molar-refractivity contribution in [3.8, 4) is 0 Å². The highest BCUT2D eigenvalue weighted by atomic mass is 16.7. The van der Waals surface area contributed by atoms with E-state index in [2.05, 4.69) is 62.5 Å². The molecule has 6 unspecified atom stereocenters. The quantitative estimate of drug-likeness (QED) is 0.0263. The van der Waals surface area contributed by atoms with Crippen molar-refractivity contribution in [2.24, 2.45) is 0 Å². The fourth-order valence-electron chi connectivity index (χ4n) is 8.59. The summed E-state index contributed by atoms with van der Waals surface area (Å²) in [6.45, 7) is 3.35. The third-order valence-electron chi connectivity index (χ3n) is 13.0. The highest BCUT2D eigenvalue weighted by molar-refractivity contribution is 5.70. The lowest BCUT2D eigenvalue weighted by atomic mass is 9.99. The van der Waals surface area contributed by atoms with E-state index >= 15 is 0 Å². The zero-order valence-corrected chi connectivity index (χ0v) is 43.6. The molecule has 1 aliphatic heterocycles. The van der Waals surface area contributed by atoms with Crippen LogP contribution in [-0.2, 0) is 28.5 Å². The molecule has 4 N–H and O–H groups in total. The summed E-state index contributed by atoms with van der Waals surface area (Å²) in [7, 11) is 0. The molecule has 1 saturated heterocycles. The van der Waals surface area contributed by atoms with Gasteiger partial charge in [-0.05, 0) is 51.4 Å². The molecule has 0 aliphatic carbocycles. The van der Waals surface area contributed by atoms with Crippen molar-refractivity contribution >= 4 is 11.9 Å². The molecule has 0 radical (unpaired) electrons. The standard InChI is InChI=1S/C58H104O10/c1-3-5-7-9-11-13-15-17-19-21-23-25-27-28-30-32-34-36-38-40-42-44-46-53(60)65-49-51(50-66-58-57(64)56(63)55(62)52(48-59)68-58)67-54(61)47-45-43-41-39-37-35-33-31-29-26-24-22-20-18-16-14-12-10-8-6-4-2/h6,8,12,14,18,20,24,26,51-52,55-59,62-64H,3-5,7,9-11,13,15-17,19,21-23,25,27-50H2,1-2H3/b8-6-,14-12-,20-18-,26-24-. The van der Waals surface area contributed by atoms with Gasteiger partial charge in [-0.25, -0.2) is 0 Å². The number of unbranched alkanes of at least 4 members (excludes halogenated alkanes) is 29. The van der Waals surface area contributed by atoms with Crippen LogP contribution < -0.4 is 0 Å². The molecule has 0 aromatic carbocycles. The van der Waals surface area contributed by atoms with E-state index in [0.717, 1.165) is 70.6 Å². The first-order chi connectivity index (χ1) is 33.3. The average Bonchev–Trinajstić information content (AvgIpc) is 3.34. The first-order valence-electron chi connectivity index (χ1n) is 28.2. The third-order valence-corrected chi connectivity index (χ3v) is 13.0. The smallest absolute Gasteiger partial charge is 0.306 e. The van der Waals surface area contributed by atoms with E-state index in [-0.39, 0.29) is 32.0 Å². The highest BCUT2D eigenvalue weighted by Gasteiger charge is 2.44. The van der Waals surface area contributed by atoms with E-state index in [0.29, 0.717) is 6.42 Å². The molecule has 1 aliphatic rings. The van der Waals surface area contributed by atoms with Crippen LogP contribution in [0.1, 0.15) is 251 Å². The summed E-state index contributed by atoms with van der Waals surface area (Å²) < 4.78 is 22.3. The van der Waals surface area contributed by atoms with Gasteiger partial charge in [-0.15, -0.1) is 0 Å². The molecule has 1 rings (SSSR count). The lowest BCUT2D eigenvalue weighted by Crippen LogP contribution is -2.59. The minimum Gasteiger partial charge on any atom is -0.462 e. The zero-order valence-electron chi connectivity index (χ0n) is 43.6. The Morgan fingerprint density at radius 3 is 1.31 bits per heavy atom. The summed E-state index contributed by atoms with van der Waals surface area (Å²) >= 11 is 0. The van der Waals surface area contributed by atoms with Crippen LogP contribution in [0.25, 0.3) is 0 Å². The lowest BCUT2D eigenvalue weighted by molar-refractivity contribution is -0.305. The molecule has 0 saturated carbocycles. The van der Waals surface area contributed by atoms with E-state index in [1.54, 1.807) is 0 Å². The maximum Gasteiger partial charge on any atom is 0.306 e. The maximum absolute atomic E-state index is 12.9. The number of hydrogen-bond donors (Lipinski definition) is 4. The van der Waals surface area contributed by atoms with Gasteiger partial charge < -0.3 is 39.4 Å². The topological polar surface area (TPSA) is 152 Å². The van der Waals surface area contributed by atoms with Gasteiger partial charge in [0.15, 0.2) is 12.4 Å². The Balaban J connectivity index is 2.21. The monoisotopic (exact) mass is 961 g/mol. The molecular weight excluding hydrogens is 857 g/mol. The Morgan fingerprint density at radius 2 is 0.868 bits per heavy atom. The van der Waals surface area contributed by atoms with Crippen molar-refractivity contribution in [1.29, 1.82) is 0 Å². The molecule has 1 heterocycles. The molecule has 1 fully saturated rings. The van der Waals surface area contributed by atoms with E-state index in [1.165, 1.54) is 148 Å². The van der Waals surface area contributed by atoms with Crippen LogP contribution in [0.15, 0.2) is 48.6 Å². The Morgan fingerprint density at radius 1 is 0.471 bits per heavy atom. The Labute approximate surface area is 416 Å². The molecule has 0 amide bonds. The van der Waals surface area contributed by atoms with Crippen LogP contribution in [0.4, 0.5) is 0 Å². The normalized spacial score (nSPS) is 19.3. The van der Waals surface area contributed by atoms with Crippen LogP contribution in [-0.4, -0.2) is 89.0 Å². The Kier molecular flexibility index (Phi) is 45.2. The predicted octanol–water partition coefficient (Wildman–Crippen LogP) is 14.0. The van der Waals surface area contributed by atoms with Gasteiger partial charge in [0.2, 0.25) is 0 Å². The van der Waals surface area contributed by atoms with E-state index in [1.807, 2.05) is 0 Å². The van der Waals surface area contributed by atoms with Gasteiger partial charge in [0.1, 0.15) is 31.0 Å². The van der Waals surface area contributed by atoms with Crippen molar-refractivity contribution in [2.75, 3.05) is 19.8 Å². The molecular formula is C58H104O10. The Bertz CT molecular complexity index is 1250. The van der Waals surface area contributed by atoms with Gasteiger partial charge in [0.25, 0.3) is 0 Å². The maximum atomic E-state index is 12.9. The highest BCUT2D eigenvalue weighted by Crippen LogP contribution is 2.23. The number of aliphatic hydroxyl groups excluding tert-OH is 4. The Hall–Kier alpha value is -2.34. The first kappa shape index (κ1) is 63.7. The van der Waals surface area contributed by atoms with Crippen molar-refractivity contribution in [2.45, 2.75) is 288 Å². The van der Waals surface area contributed by atoms with Crippen LogP contribution >= 0.6 is 0 Å². The van der Waals surface area contributed by atoms with Gasteiger partial charge in [-0.1, -0.05) is 236 Å². The molecule has 0 bridgehead atoms. The van der Waals surface area contributed by atoms with Gasteiger partial charge in [-0.3, -0.25) is 9.59 Å². The molecule has 0 spiro atoms. The summed E-state index contributed by atoms with van der Waals surface area (Å²) in [4.78, 5) is 25.5. The van der Waals surface area contributed by atoms with Crippen LogP contribution in [0.3, 0.4) is 0 Å². The molecule has 10 nitrogen and oxygen atoms in total. The second-order valence-electron chi connectivity index (χ2n) is 19.4. The lowest BCUT2D eigenvalue weighted by Gasteiger charge is -2.39. The number of rotatable bonds is 48. The van der Waals surface area contributed by atoms with Crippen molar-refractivity contribution in [3.63, 3.8) is 0 Å². The van der Waals surface area contributed by atoms with Gasteiger partial charge in [0.05, 0.1) is 13.2 Å². The molecule has 0 aromatic heterocycles. The number of allylic oxidation sites excluding steroid dienone is 8. The van der Waals surface area contributed by atoms with Gasteiger partial charge >= 0.3 is 11.9 Å². The van der Waals surface area contributed by atoms with Crippen LogP contribution in [0, 0.1) is 0 Å². The minimum absolute atomic E-state index is 0.219. The molecule has 396 valence electrons. The first-order valence-corrected chi connectivity index (χ1v) is 28.2. The van der Waals surface area contributed by atoms with E-state index < -0.39 is 49.4 Å². The zero-order chi connectivity index (χ0) is 49.4. The number of esters is 2. The molecule has 0 aromatic rings. The van der Waals surface area contributed by atoms with Crippen molar-refractivity contribution in [3.05, 3.63) is 48.6 Å². The third kappa shape index (κ3) is 38.4. The number of ether oxygens (including phenoxy) is 4. The van der Waals surface area contributed by atoms with Crippen molar-refractivity contribution in [1.82, 2.24) is 0 Å². The number of carbonyl (C=O) groups excluding carboxylic acids is 2. The van der Waals surface area contributed by atoms with E-state index in [9.17, 15) is 30.0 Å². The minimum atomic E-state index is -1.60. The molecule has 68 heavy (non-hydrogen) atoms. The second kappa shape index (κ2) is 48.3. The average molecular weight is 961 g/mol. The fourth-order valence-corrected chi connectivity index (χ4v) is 8.59. The SMILES string of the molecule is CC/C=C\C/C=C\C/C=C\C/C=C\CCCCCCCCCCC(=O)OC(COC(=O)CCCCCCCCCCCCCCCCCCCCCCCC)COC1OC(CO)C(O)C(O)C1O. The second-order valence-corrected chi connectivity index (χ2v) is 19.4. The van der Waals surface area contributed by atoms with Gasteiger partial charge in [-0.2, -0.15) is 0 Å². The molecule has 6 atom stereocenters. The number of hydrogen-bond acceptors (Lipinski definition) is 10. The van der Waals surface area contributed by atoms with Crippen molar-refractivity contribution < 1.29 is 49.0 Å².